The molecule has 2 heterocycles. The standard InChI is InChI=1S/C30H39N/c1-8-10-11-12-13-23-18-25-24-14-15-30(6,7)29(24)31-19-27(20(3)4)21(5)16-28(31)26(25)17-22(23)9-2/h8,16-19,24,29H,1,3,5,9-15H2,2,4,6-7H3. The number of hydrogen-bond donors (Lipinski definition) is 0. The molecule has 2 atom stereocenters. The molecule has 2 aliphatic heterocycles. The van der Waals surface area contributed by atoms with E-state index in [0.717, 1.165) is 24.0 Å². The van der Waals surface area contributed by atoms with Gasteiger partial charge in [0.05, 0.1) is 0 Å². The highest BCUT2D eigenvalue weighted by Gasteiger charge is 2.50. The van der Waals surface area contributed by atoms with E-state index in [4.69, 9.17) is 0 Å². The smallest absolute Gasteiger partial charge is 0.0491 e. The Labute approximate surface area is 189 Å². The maximum absolute atomic E-state index is 4.38. The quantitative estimate of drug-likeness (QED) is 0.322. The highest BCUT2D eigenvalue weighted by molar-refractivity contribution is 5.78. The third-order valence-electron chi connectivity index (χ3n) is 7.78. The molecule has 1 heteroatoms. The number of aryl methyl sites for hydroxylation is 2. The van der Waals surface area contributed by atoms with Gasteiger partial charge in [0.1, 0.15) is 0 Å². The van der Waals surface area contributed by atoms with Crippen LogP contribution in [0.3, 0.4) is 0 Å². The molecule has 164 valence electrons. The van der Waals surface area contributed by atoms with Gasteiger partial charge in [-0.25, -0.2) is 0 Å². The molecule has 2 unspecified atom stereocenters. The van der Waals surface area contributed by atoms with Crippen molar-refractivity contribution in [2.24, 2.45) is 5.41 Å². The van der Waals surface area contributed by atoms with Gasteiger partial charge in [-0.2, -0.15) is 0 Å². The van der Waals surface area contributed by atoms with E-state index in [2.05, 4.69) is 76.7 Å². The molecule has 1 aromatic rings. The first-order chi connectivity index (χ1) is 14.8. The minimum Gasteiger partial charge on any atom is -0.343 e. The molecule has 3 aliphatic rings. The summed E-state index contributed by atoms with van der Waals surface area (Å²) in [6.45, 7) is 21.8. The largest absolute Gasteiger partial charge is 0.343 e. The first-order valence-electron chi connectivity index (χ1n) is 12.1. The lowest BCUT2D eigenvalue weighted by molar-refractivity contribution is 0.195. The fourth-order valence-electron chi connectivity index (χ4n) is 6.12. The van der Waals surface area contributed by atoms with Crippen molar-refractivity contribution in [2.75, 3.05) is 0 Å². The van der Waals surface area contributed by atoms with Gasteiger partial charge in [0.2, 0.25) is 0 Å². The Balaban J connectivity index is 1.83. The number of hydrogen-bond acceptors (Lipinski definition) is 1. The van der Waals surface area contributed by atoms with Gasteiger partial charge in [0.15, 0.2) is 0 Å². The van der Waals surface area contributed by atoms with Gasteiger partial charge >= 0.3 is 0 Å². The van der Waals surface area contributed by atoms with E-state index < -0.39 is 0 Å². The lowest BCUT2D eigenvalue weighted by Crippen LogP contribution is -2.45. The molecule has 1 saturated carbocycles. The lowest BCUT2D eigenvalue weighted by Gasteiger charge is -2.48. The van der Waals surface area contributed by atoms with E-state index in [9.17, 15) is 0 Å². The molecule has 1 fully saturated rings. The van der Waals surface area contributed by atoms with E-state index in [0.29, 0.717) is 12.0 Å². The Bertz CT molecular complexity index is 984. The maximum Gasteiger partial charge on any atom is 0.0491 e. The fraction of sp³-hybridized carbons (Fsp3) is 0.467. The summed E-state index contributed by atoms with van der Waals surface area (Å²) >= 11 is 0. The second kappa shape index (κ2) is 8.34. The second-order valence-corrected chi connectivity index (χ2v) is 10.5. The Morgan fingerprint density at radius 1 is 1.23 bits per heavy atom. The van der Waals surface area contributed by atoms with Crippen LogP contribution in [0.15, 0.2) is 66.9 Å². The van der Waals surface area contributed by atoms with E-state index in [-0.39, 0.29) is 5.41 Å². The maximum atomic E-state index is 4.38. The molecule has 1 nitrogen and oxygen atoms in total. The number of unbranched alkanes of at least 4 members (excludes halogenated alkanes) is 2. The summed E-state index contributed by atoms with van der Waals surface area (Å²) < 4.78 is 0. The SMILES string of the molecule is C=CCCCCc1cc2c(cc1CC)C1=CC(=C)C(C(=C)C)=CN1C1C2CCC1(C)C. The minimum absolute atomic E-state index is 0.282. The van der Waals surface area contributed by atoms with Crippen molar-refractivity contribution in [1.29, 1.82) is 0 Å². The van der Waals surface area contributed by atoms with Crippen LogP contribution in [-0.4, -0.2) is 10.9 Å². The topological polar surface area (TPSA) is 3.24 Å². The number of rotatable bonds is 7. The molecule has 0 N–H and O–H groups in total. The van der Waals surface area contributed by atoms with Crippen LogP contribution in [-0.2, 0) is 12.8 Å². The van der Waals surface area contributed by atoms with Crippen LogP contribution in [0.4, 0.5) is 0 Å². The summed E-state index contributed by atoms with van der Waals surface area (Å²) in [6, 6.07) is 5.58. The second-order valence-electron chi connectivity index (χ2n) is 10.5. The molecule has 0 amide bonds. The summed E-state index contributed by atoms with van der Waals surface area (Å²) in [7, 11) is 0. The van der Waals surface area contributed by atoms with Crippen molar-refractivity contribution in [3.05, 3.63) is 89.2 Å². The molecule has 0 spiro atoms. The van der Waals surface area contributed by atoms with Gasteiger partial charge in [0, 0.05) is 29.4 Å². The van der Waals surface area contributed by atoms with Crippen LogP contribution in [0.2, 0.25) is 0 Å². The molecule has 0 aromatic heterocycles. The van der Waals surface area contributed by atoms with Crippen molar-refractivity contribution < 1.29 is 0 Å². The molecule has 0 radical (unpaired) electrons. The third-order valence-corrected chi connectivity index (χ3v) is 7.78. The van der Waals surface area contributed by atoms with Crippen molar-refractivity contribution >= 4 is 5.70 Å². The molecule has 0 bridgehead atoms. The van der Waals surface area contributed by atoms with E-state index in [1.54, 1.807) is 11.1 Å². The van der Waals surface area contributed by atoms with Crippen molar-refractivity contribution in [2.45, 2.75) is 84.6 Å². The zero-order valence-electron chi connectivity index (χ0n) is 20.1. The average molecular weight is 414 g/mol. The van der Waals surface area contributed by atoms with Crippen molar-refractivity contribution in [1.82, 2.24) is 4.90 Å². The van der Waals surface area contributed by atoms with Gasteiger partial charge < -0.3 is 4.90 Å². The monoisotopic (exact) mass is 413 g/mol. The van der Waals surface area contributed by atoms with Crippen molar-refractivity contribution in [3.8, 4) is 0 Å². The molecule has 31 heavy (non-hydrogen) atoms. The minimum atomic E-state index is 0.282. The van der Waals surface area contributed by atoms with E-state index >= 15 is 0 Å². The Morgan fingerprint density at radius 2 is 2.00 bits per heavy atom. The van der Waals surface area contributed by atoms with Crippen LogP contribution in [0.1, 0.15) is 88.0 Å². The summed E-state index contributed by atoms with van der Waals surface area (Å²) in [5, 5.41) is 0. The highest BCUT2D eigenvalue weighted by atomic mass is 15.2. The molecule has 0 saturated heterocycles. The fourth-order valence-corrected chi connectivity index (χ4v) is 6.12. The zero-order valence-corrected chi connectivity index (χ0v) is 20.1. The van der Waals surface area contributed by atoms with Gasteiger partial charge in [-0.15, -0.1) is 6.58 Å². The predicted octanol–water partition coefficient (Wildman–Crippen LogP) is 8.11. The Hall–Kier alpha value is -2.28. The summed E-state index contributed by atoms with van der Waals surface area (Å²) in [4.78, 5) is 2.59. The highest BCUT2D eigenvalue weighted by Crippen LogP contribution is 2.56. The average Bonchev–Trinajstić information content (AvgIpc) is 3.05. The van der Waals surface area contributed by atoms with Crippen LogP contribution in [0.5, 0.6) is 0 Å². The van der Waals surface area contributed by atoms with Crippen LogP contribution < -0.4 is 0 Å². The molecule has 4 rings (SSSR count). The third kappa shape index (κ3) is 3.77. The van der Waals surface area contributed by atoms with Gasteiger partial charge in [0.25, 0.3) is 0 Å². The number of nitrogens with zero attached hydrogens (tertiary/aromatic N) is 1. The summed E-state index contributed by atoms with van der Waals surface area (Å²) in [5.41, 5.74) is 11.1. The van der Waals surface area contributed by atoms with E-state index in [1.807, 2.05) is 6.08 Å². The molecule has 1 aromatic carbocycles. The van der Waals surface area contributed by atoms with E-state index in [1.165, 1.54) is 54.5 Å². The summed E-state index contributed by atoms with van der Waals surface area (Å²) in [6.07, 6.45) is 15.1. The van der Waals surface area contributed by atoms with Crippen LogP contribution in [0.25, 0.3) is 5.70 Å². The molecular formula is C30H39N. The number of fused-ring (bicyclic) bond motifs is 6. The Kier molecular flexibility index (Phi) is 5.90. The normalized spacial score (nSPS) is 23.5. The number of allylic oxidation sites excluding steroid dienone is 5. The van der Waals surface area contributed by atoms with Crippen LogP contribution >= 0.6 is 0 Å². The first-order valence-corrected chi connectivity index (χ1v) is 12.1. The zero-order chi connectivity index (χ0) is 22.3. The number of benzene rings is 1. The predicted molar refractivity (Wildman–Crippen MR) is 135 cm³/mol. The molecule has 1 aliphatic carbocycles. The first kappa shape index (κ1) is 21.9. The van der Waals surface area contributed by atoms with Gasteiger partial charge in [-0.1, -0.05) is 46.1 Å². The molecular weight excluding hydrogens is 374 g/mol. The lowest BCUT2D eigenvalue weighted by atomic mass is 9.74. The van der Waals surface area contributed by atoms with Gasteiger partial charge in [-0.3, -0.25) is 0 Å². The summed E-state index contributed by atoms with van der Waals surface area (Å²) in [5.74, 6) is 0.592. The van der Waals surface area contributed by atoms with Crippen molar-refractivity contribution in [3.63, 3.8) is 0 Å². The Morgan fingerprint density at radius 3 is 2.68 bits per heavy atom. The van der Waals surface area contributed by atoms with Gasteiger partial charge in [-0.05, 0) is 103 Å². The van der Waals surface area contributed by atoms with Crippen LogP contribution in [0, 0.1) is 5.41 Å².